The van der Waals surface area contributed by atoms with E-state index in [0.717, 1.165) is 155 Å². The number of para-hydroxylation sites is 7. The lowest BCUT2D eigenvalue weighted by Crippen LogP contribution is -2.15. The summed E-state index contributed by atoms with van der Waals surface area (Å²) < 4.78 is 22.5. The third-order valence-electron chi connectivity index (χ3n) is 16.8. The van der Waals surface area contributed by atoms with Crippen LogP contribution in [0.5, 0.6) is 0 Å². The fourth-order valence-electron chi connectivity index (χ4n) is 13.0. The molecule has 0 bridgehead atoms. The molecule has 5 heteroatoms. The molecule has 0 aliphatic heterocycles. The van der Waals surface area contributed by atoms with Crippen LogP contribution in [0.2, 0.25) is 0 Å². The topological polar surface area (TPSA) is 45.9 Å². The molecule has 0 aliphatic rings. The molecule has 392 valence electrons. The van der Waals surface area contributed by atoms with E-state index in [9.17, 15) is 0 Å². The van der Waals surface area contributed by atoms with Gasteiger partial charge in [0.25, 0.3) is 0 Å². The Kier molecular flexibility index (Phi) is 11.3. The van der Waals surface area contributed by atoms with Crippen molar-refractivity contribution in [2.45, 2.75) is 13.8 Å². The highest BCUT2D eigenvalue weighted by molar-refractivity contribution is 6.30. The zero-order valence-electron chi connectivity index (χ0n) is 45.7. The highest BCUT2D eigenvalue weighted by Gasteiger charge is 2.33. The number of anilines is 6. The van der Waals surface area contributed by atoms with Crippen LogP contribution in [0.3, 0.4) is 0 Å². The van der Waals surface area contributed by atoms with Crippen molar-refractivity contribution in [3.05, 3.63) is 290 Å². The summed E-state index contributed by atoms with van der Waals surface area (Å²) in [6.45, 7) is 4.33. The van der Waals surface area contributed by atoms with E-state index >= 15 is 0 Å². The fraction of sp³-hybridized carbons (Fsp3) is 0.0256. The van der Waals surface area contributed by atoms with Crippen molar-refractivity contribution < 1.29 is 13.3 Å². The van der Waals surface area contributed by atoms with Crippen molar-refractivity contribution in [2.75, 3.05) is 9.80 Å². The molecular weight excluding hydrogens is 1010 g/mol. The summed E-state index contributed by atoms with van der Waals surface area (Å²) in [4.78, 5) is 4.86. The zero-order valence-corrected chi connectivity index (χ0v) is 45.7. The molecule has 0 saturated heterocycles. The van der Waals surface area contributed by atoms with Crippen LogP contribution < -0.4 is 9.80 Å². The maximum atomic E-state index is 7.59. The normalized spacial score (nSPS) is 11.7. The van der Waals surface area contributed by atoms with Gasteiger partial charge in [-0.15, -0.1) is 0 Å². The number of aryl methyl sites for hydroxylation is 2. The predicted octanol–water partition coefficient (Wildman–Crippen LogP) is 22.8. The van der Waals surface area contributed by atoms with Crippen LogP contribution in [0.25, 0.3) is 121 Å². The summed E-state index contributed by atoms with van der Waals surface area (Å²) in [5.41, 5.74) is 21.3. The SMILES string of the molecule is Cc1ccccc1-c1cccc2c1oc1c(N(c3ccccc3-c3ccccc3)c3c4ccccc4c(N(c4ccccc4-c4ccccc4)c4cccc5c4oc4c(-c6ccccc6C)cccc45)c4c3oc3ccccc34)cccc12. The smallest absolute Gasteiger partial charge is 0.162 e. The Hall–Kier alpha value is -10.9. The molecule has 3 aromatic heterocycles. The van der Waals surface area contributed by atoms with Crippen molar-refractivity contribution >= 4 is 111 Å². The van der Waals surface area contributed by atoms with Crippen molar-refractivity contribution in [1.82, 2.24) is 0 Å². The summed E-state index contributed by atoms with van der Waals surface area (Å²) in [5, 5.41) is 8.06. The van der Waals surface area contributed by atoms with Crippen molar-refractivity contribution in [3.8, 4) is 44.5 Å². The van der Waals surface area contributed by atoms with E-state index in [2.05, 4.69) is 303 Å². The van der Waals surface area contributed by atoms with Gasteiger partial charge < -0.3 is 23.1 Å². The van der Waals surface area contributed by atoms with Crippen LogP contribution in [0.15, 0.2) is 292 Å². The van der Waals surface area contributed by atoms with Crippen LogP contribution in [0.1, 0.15) is 11.1 Å². The Morgan fingerprint density at radius 2 is 0.578 bits per heavy atom. The van der Waals surface area contributed by atoms with Crippen LogP contribution in [-0.2, 0) is 0 Å². The number of nitrogens with zero attached hydrogens (tertiary/aromatic N) is 2. The monoisotopic (exact) mass is 1060 g/mol. The average molecular weight is 1070 g/mol. The number of hydrogen-bond acceptors (Lipinski definition) is 5. The Labute approximate surface area is 479 Å². The molecule has 0 spiro atoms. The molecule has 83 heavy (non-hydrogen) atoms. The molecule has 0 amide bonds. The second kappa shape index (κ2) is 19.4. The molecular formula is C78H52N2O3. The standard InChI is InChI=1S/C78H52N2O3/c1-49-25-9-11-31-53(49)59-38-21-40-61-63-42-23-46-68(76(63)82-74(59)61)79(66-44-18-15-33-55(66)51-27-5-3-6-28-51)72-57-35-13-14-36-58(57)73(78-71(72)65-37-17-20-48-70(65)81-78)80(67-45-19-16-34-56(67)52-29-7-4-8-30-52)69-47-24-43-64-62-41-22-39-60(75(62)83-77(64)69)54-32-12-10-26-50(54)2/h3-48H,1-2H3. The summed E-state index contributed by atoms with van der Waals surface area (Å²) >= 11 is 0. The molecule has 16 aromatic rings. The number of rotatable bonds is 10. The largest absolute Gasteiger partial charge is 0.454 e. The quantitative estimate of drug-likeness (QED) is 0.128. The van der Waals surface area contributed by atoms with Gasteiger partial charge in [0.05, 0.1) is 39.5 Å². The Morgan fingerprint density at radius 3 is 1.08 bits per heavy atom. The summed E-state index contributed by atoms with van der Waals surface area (Å²) in [6.07, 6.45) is 0. The minimum absolute atomic E-state index is 0.720. The van der Waals surface area contributed by atoms with Gasteiger partial charge in [-0.3, -0.25) is 0 Å². The van der Waals surface area contributed by atoms with Gasteiger partial charge in [-0.25, -0.2) is 0 Å². The minimum Gasteiger partial charge on any atom is -0.454 e. The average Bonchev–Trinajstić information content (AvgIpc) is 2.65. The van der Waals surface area contributed by atoms with E-state index in [-0.39, 0.29) is 0 Å². The Balaban J connectivity index is 1.06. The maximum absolute atomic E-state index is 7.59. The summed E-state index contributed by atoms with van der Waals surface area (Å²) in [6, 6.07) is 99.5. The maximum Gasteiger partial charge on any atom is 0.162 e. The lowest BCUT2D eigenvalue weighted by molar-refractivity contribution is 0.667. The van der Waals surface area contributed by atoms with Crippen LogP contribution in [0, 0.1) is 13.8 Å². The number of hydrogen-bond donors (Lipinski definition) is 0. The van der Waals surface area contributed by atoms with E-state index < -0.39 is 0 Å². The van der Waals surface area contributed by atoms with Crippen LogP contribution in [0.4, 0.5) is 34.1 Å². The highest BCUT2D eigenvalue weighted by atomic mass is 16.3. The van der Waals surface area contributed by atoms with Crippen LogP contribution in [-0.4, -0.2) is 0 Å². The van der Waals surface area contributed by atoms with E-state index in [4.69, 9.17) is 13.3 Å². The molecule has 0 atom stereocenters. The first-order valence-corrected chi connectivity index (χ1v) is 28.3. The lowest BCUT2D eigenvalue weighted by Gasteiger charge is -2.33. The first-order valence-electron chi connectivity index (χ1n) is 28.3. The summed E-state index contributed by atoms with van der Waals surface area (Å²) in [7, 11) is 0. The van der Waals surface area contributed by atoms with Crippen molar-refractivity contribution in [3.63, 3.8) is 0 Å². The highest BCUT2D eigenvalue weighted by Crippen LogP contribution is 2.58. The molecule has 0 N–H and O–H groups in total. The Bertz CT molecular complexity index is 5200. The van der Waals surface area contributed by atoms with E-state index in [1.807, 2.05) is 0 Å². The second-order valence-corrected chi connectivity index (χ2v) is 21.5. The number of fused-ring (bicyclic) bond motifs is 10. The van der Waals surface area contributed by atoms with Crippen LogP contribution >= 0.6 is 0 Å². The zero-order chi connectivity index (χ0) is 55.1. The molecule has 3 heterocycles. The third-order valence-corrected chi connectivity index (χ3v) is 16.8. The van der Waals surface area contributed by atoms with E-state index in [1.165, 1.54) is 11.1 Å². The molecule has 13 aromatic carbocycles. The molecule has 5 nitrogen and oxygen atoms in total. The molecule has 0 fully saturated rings. The van der Waals surface area contributed by atoms with Gasteiger partial charge >= 0.3 is 0 Å². The third kappa shape index (κ3) is 7.62. The van der Waals surface area contributed by atoms with Gasteiger partial charge in [0.15, 0.2) is 16.7 Å². The minimum atomic E-state index is 0.720. The molecule has 0 radical (unpaired) electrons. The molecule has 0 unspecified atom stereocenters. The predicted molar refractivity (Wildman–Crippen MR) is 346 cm³/mol. The summed E-state index contributed by atoms with van der Waals surface area (Å²) in [5.74, 6) is 0. The van der Waals surface area contributed by atoms with Gasteiger partial charge in [0.2, 0.25) is 0 Å². The molecule has 0 aliphatic carbocycles. The second-order valence-electron chi connectivity index (χ2n) is 21.5. The first kappa shape index (κ1) is 48.1. The van der Waals surface area contributed by atoms with Crippen molar-refractivity contribution in [1.29, 1.82) is 0 Å². The lowest BCUT2D eigenvalue weighted by atomic mass is 9.95. The van der Waals surface area contributed by atoms with Crippen molar-refractivity contribution in [2.24, 2.45) is 0 Å². The van der Waals surface area contributed by atoms with Gasteiger partial charge in [-0.2, -0.15) is 0 Å². The number of benzene rings is 13. The van der Waals surface area contributed by atoms with Gasteiger partial charge in [0.1, 0.15) is 16.7 Å². The molecule has 16 rings (SSSR count). The van der Waals surface area contributed by atoms with E-state index in [0.29, 0.717) is 0 Å². The van der Waals surface area contributed by atoms with E-state index in [1.54, 1.807) is 0 Å². The Morgan fingerprint density at radius 1 is 0.229 bits per heavy atom. The first-order chi connectivity index (χ1) is 41.1. The van der Waals surface area contributed by atoms with Gasteiger partial charge in [-0.1, -0.05) is 249 Å². The van der Waals surface area contributed by atoms with Gasteiger partial charge in [0, 0.05) is 60.0 Å². The molecule has 0 saturated carbocycles. The number of furan rings is 3. The van der Waals surface area contributed by atoms with Gasteiger partial charge in [-0.05, 0) is 77.6 Å². The fourth-order valence-corrected chi connectivity index (χ4v) is 13.0.